The Labute approximate surface area is 126 Å². The first kappa shape index (κ1) is 15.6. The molecule has 0 aromatic heterocycles. The number of hydrogen-bond acceptors (Lipinski definition) is 3. The molecule has 0 N–H and O–H groups in total. The van der Waals surface area contributed by atoms with Crippen LogP contribution in [0.2, 0.25) is 0 Å². The molecule has 1 heterocycles. The minimum atomic E-state index is -0.679. The molecule has 4 heteroatoms. The summed E-state index contributed by atoms with van der Waals surface area (Å²) in [6.45, 7) is 10.9. The summed E-state index contributed by atoms with van der Waals surface area (Å²) in [6, 6.07) is 9.80. The number of carbonyl (C=O) groups is 1. The Morgan fingerprint density at radius 1 is 1.38 bits per heavy atom. The van der Waals surface area contributed by atoms with Gasteiger partial charge in [0.15, 0.2) is 0 Å². The molecule has 0 spiro atoms. The molecule has 4 nitrogen and oxygen atoms in total. The highest BCUT2D eigenvalue weighted by Gasteiger charge is 2.43. The van der Waals surface area contributed by atoms with Crippen LogP contribution in [-0.2, 0) is 15.0 Å². The van der Waals surface area contributed by atoms with Crippen LogP contribution in [-0.4, -0.2) is 36.4 Å². The van der Waals surface area contributed by atoms with Crippen molar-refractivity contribution in [1.82, 2.24) is 4.90 Å². The first-order chi connectivity index (χ1) is 9.89. The van der Waals surface area contributed by atoms with Crippen molar-refractivity contribution in [1.29, 1.82) is 0 Å². The van der Waals surface area contributed by atoms with Crippen LogP contribution in [0.4, 0.5) is 4.79 Å². The van der Waals surface area contributed by atoms with Gasteiger partial charge in [-0.25, -0.2) is 4.79 Å². The molecule has 2 rings (SSSR count). The number of carbonyl (C=O) groups excluding carboxylic acids is 1. The van der Waals surface area contributed by atoms with Gasteiger partial charge in [-0.15, -0.1) is 6.58 Å². The van der Waals surface area contributed by atoms with Gasteiger partial charge in [0.05, 0.1) is 13.2 Å². The van der Waals surface area contributed by atoms with Gasteiger partial charge in [-0.1, -0.05) is 36.4 Å². The lowest BCUT2D eigenvalue weighted by molar-refractivity contribution is -0.0598. The third-order valence-electron chi connectivity index (χ3n) is 3.49. The van der Waals surface area contributed by atoms with Crippen LogP contribution in [0, 0.1) is 0 Å². The van der Waals surface area contributed by atoms with E-state index in [-0.39, 0.29) is 6.09 Å². The predicted molar refractivity (Wildman–Crippen MR) is 82.1 cm³/mol. The van der Waals surface area contributed by atoms with E-state index in [9.17, 15) is 4.79 Å². The largest absolute Gasteiger partial charge is 0.444 e. The molecule has 1 amide bonds. The average Bonchev–Trinajstić information content (AvgIpc) is 2.46. The Balaban J connectivity index is 2.37. The van der Waals surface area contributed by atoms with Gasteiger partial charge in [0, 0.05) is 6.54 Å². The maximum absolute atomic E-state index is 12.6. The van der Waals surface area contributed by atoms with E-state index in [2.05, 4.69) is 6.58 Å². The zero-order valence-electron chi connectivity index (χ0n) is 13.0. The zero-order chi connectivity index (χ0) is 15.5. The van der Waals surface area contributed by atoms with E-state index >= 15 is 0 Å². The third kappa shape index (κ3) is 3.27. The molecule has 1 aromatic carbocycles. The number of benzene rings is 1. The first-order valence-corrected chi connectivity index (χ1v) is 7.16. The van der Waals surface area contributed by atoms with E-state index in [4.69, 9.17) is 9.47 Å². The highest BCUT2D eigenvalue weighted by molar-refractivity contribution is 5.70. The molecular formula is C17H23NO3. The average molecular weight is 289 g/mol. The summed E-state index contributed by atoms with van der Waals surface area (Å²) >= 11 is 0. The van der Waals surface area contributed by atoms with Crippen LogP contribution in [0.1, 0.15) is 26.3 Å². The first-order valence-electron chi connectivity index (χ1n) is 7.16. The molecule has 1 unspecified atom stereocenters. The van der Waals surface area contributed by atoms with Gasteiger partial charge < -0.3 is 9.47 Å². The molecule has 1 aromatic rings. The Kier molecular flexibility index (Phi) is 4.37. The van der Waals surface area contributed by atoms with Crippen LogP contribution in [0.5, 0.6) is 0 Å². The number of hydrogen-bond donors (Lipinski definition) is 0. The van der Waals surface area contributed by atoms with Crippen molar-refractivity contribution in [2.24, 2.45) is 0 Å². The van der Waals surface area contributed by atoms with E-state index in [0.29, 0.717) is 19.8 Å². The van der Waals surface area contributed by atoms with Crippen molar-refractivity contribution >= 4 is 6.09 Å². The van der Waals surface area contributed by atoms with Gasteiger partial charge in [0.1, 0.15) is 11.1 Å². The Morgan fingerprint density at radius 2 is 2.05 bits per heavy atom. The van der Waals surface area contributed by atoms with E-state index in [0.717, 1.165) is 5.56 Å². The molecule has 0 aliphatic carbocycles. The summed E-state index contributed by atoms with van der Waals surface area (Å²) in [5, 5.41) is 0. The van der Waals surface area contributed by atoms with Crippen LogP contribution >= 0.6 is 0 Å². The monoisotopic (exact) mass is 289 g/mol. The zero-order valence-corrected chi connectivity index (χ0v) is 13.0. The second kappa shape index (κ2) is 5.90. The maximum atomic E-state index is 12.6. The number of nitrogens with zero attached hydrogens (tertiary/aromatic N) is 1. The summed E-state index contributed by atoms with van der Waals surface area (Å²) < 4.78 is 11.2. The minimum Gasteiger partial charge on any atom is -0.444 e. The third-order valence-corrected chi connectivity index (χ3v) is 3.49. The minimum absolute atomic E-state index is 0.338. The second-order valence-corrected chi connectivity index (χ2v) is 6.18. The molecule has 0 saturated carbocycles. The Hall–Kier alpha value is -1.81. The van der Waals surface area contributed by atoms with Gasteiger partial charge in [-0.05, 0) is 26.3 Å². The number of ether oxygens (including phenoxy) is 2. The molecule has 0 bridgehead atoms. The number of morpholine rings is 1. The van der Waals surface area contributed by atoms with E-state index in [1.54, 1.807) is 11.0 Å². The normalized spacial score (nSPS) is 22.7. The van der Waals surface area contributed by atoms with Gasteiger partial charge >= 0.3 is 6.09 Å². The van der Waals surface area contributed by atoms with Crippen LogP contribution in [0.15, 0.2) is 43.0 Å². The molecular weight excluding hydrogens is 266 g/mol. The number of amides is 1. The fourth-order valence-corrected chi connectivity index (χ4v) is 2.49. The smallest absolute Gasteiger partial charge is 0.411 e. The maximum Gasteiger partial charge on any atom is 0.411 e. The van der Waals surface area contributed by atoms with Crippen LogP contribution in [0.3, 0.4) is 0 Å². The van der Waals surface area contributed by atoms with Crippen molar-refractivity contribution in [3.05, 3.63) is 48.6 Å². The molecule has 0 radical (unpaired) electrons. The lowest BCUT2D eigenvalue weighted by Crippen LogP contribution is -2.56. The van der Waals surface area contributed by atoms with Crippen LogP contribution in [0.25, 0.3) is 0 Å². The van der Waals surface area contributed by atoms with Crippen molar-refractivity contribution < 1.29 is 14.3 Å². The highest BCUT2D eigenvalue weighted by atomic mass is 16.6. The molecule has 114 valence electrons. The molecule has 1 fully saturated rings. The van der Waals surface area contributed by atoms with Crippen molar-refractivity contribution in [3.63, 3.8) is 0 Å². The quantitative estimate of drug-likeness (QED) is 0.784. The molecule has 1 atom stereocenters. The van der Waals surface area contributed by atoms with Crippen molar-refractivity contribution in [3.8, 4) is 0 Å². The highest BCUT2D eigenvalue weighted by Crippen LogP contribution is 2.34. The van der Waals surface area contributed by atoms with Crippen LogP contribution < -0.4 is 0 Å². The lowest BCUT2D eigenvalue weighted by atomic mass is 9.88. The van der Waals surface area contributed by atoms with Crippen molar-refractivity contribution in [2.45, 2.75) is 31.9 Å². The molecule has 1 saturated heterocycles. The molecule has 1 aliphatic heterocycles. The summed E-state index contributed by atoms with van der Waals surface area (Å²) in [5.41, 5.74) is -0.230. The standard InChI is InChI=1S/C17H23NO3/c1-5-17(14-9-7-6-8-10-14)13-20-12-11-18(17)15(19)21-16(2,3)4/h5-10H,1,11-13H2,2-4H3. The summed E-state index contributed by atoms with van der Waals surface area (Å²) in [7, 11) is 0. The van der Waals surface area contributed by atoms with Gasteiger partial charge in [-0.2, -0.15) is 0 Å². The fraction of sp³-hybridized carbons (Fsp3) is 0.471. The Morgan fingerprint density at radius 3 is 2.62 bits per heavy atom. The van der Waals surface area contributed by atoms with E-state index < -0.39 is 11.1 Å². The predicted octanol–water partition coefficient (Wildman–Crippen LogP) is 3.34. The summed E-state index contributed by atoms with van der Waals surface area (Å²) in [4.78, 5) is 14.3. The van der Waals surface area contributed by atoms with Gasteiger partial charge in [0.2, 0.25) is 0 Å². The Bertz CT molecular complexity index is 507. The molecule has 1 aliphatic rings. The SMILES string of the molecule is C=CC1(c2ccccc2)COCCN1C(=O)OC(C)(C)C. The summed E-state index contributed by atoms with van der Waals surface area (Å²) in [5.74, 6) is 0. The van der Waals surface area contributed by atoms with E-state index in [1.807, 2.05) is 51.1 Å². The number of rotatable bonds is 2. The van der Waals surface area contributed by atoms with Gasteiger partial charge in [0.25, 0.3) is 0 Å². The summed E-state index contributed by atoms with van der Waals surface area (Å²) in [6.07, 6.45) is 1.43. The topological polar surface area (TPSA) is 38.8 Å². The van der Waals surface area contributed by atoms with Gasteiger partial charge in [-0.3, -0.25) is 4.90 Å². The lowest BCUT2D eigenvalue weighted by Gasteiger charge is -2.45. The molecule has 21 heavy (non-hydrogen) atoms. The van der Waals surface area contributed by atoms with Crippen molar-refractivity contribution in [2.75, 3.05) is 19.8 Å². The van der Waals surface area contributed by atoms with E-state index in [1.165, 1.54) is 0 Å². The fourth-order valence-electron chi connectivity index (χ4n) is 2.49. The second-order valence-electron chi connectivity index (χ2n) is 6.18.